The largest absolute Gasteiger partial charge is 0.392 e. The molecule has 12 heavy (non-hydrogen) atoms. The molecule has 0 saturated heterocycles. The molecule has 0 saturated carbocycles. The first-order valence-corrected chi connectivity index (χ1v) is 3.92. The summed E-state index contributed by atoms with van der Waals surface area (Å²) in [5.41, 5.74) is 1.51. The molecule has 0 fully saturated rings. The van der Waals surface area contributed by atoms with Crippen molar-refractivity contribution in [3.05, 3.63) is 29.0 Å². The lowest BCUT2D eigenvalue weighted by Crippen LogP contribution is -1.87. The summed E-state index contributed by atoms with van der Waals surface area (Å²) in [6, 6.07) is 3.53. The Kier molecular flexibility index (Phi) is 1.75. The molecule has 3 nitrogen and oxygen atoms in total. The molecule has 2 aromatic heterocycles. The van der Waals surface area contributed by atoms with Crippen LogP contribution < -0.4 is 0 Å². The molecule has 2 heterocycles. The zero-order chi connectivity index (χ0) is 8.55. The molecule has 2 rings (SSSR count). The maximum Gasteiger partial charge on any atom is 0.139 e. The lowest BCUT2D eigenvalue weighted by Gasteiger charge is -1.98. The number of hydrogen-bond acceptors (Lipinski definition) is 2. The highest BCUT2D eigenvalue weighted by molar-refractivity contribution is 6.29. The molecular weight excluding hydrogens is 176 g/mol. The zero-order valence-corrected chi connectivity index (χ0v) is 6.97. The summed E-state index contributed by atoms with van der Waals surface area (Å²) in [7, 11) is 0. The molecule has 0 aliphatic carbocycles. The summed E-state index contributed by atoms with van der Waals surface area (Å²) in [4.78, 5) is 6.97. The van der Waals surface area contributed by atoms with Gasteiger partial charge < -0.3 is 10.1 Å². The van der Waals surface area contributed by atoms with E-state index in [0.717, 1.165) is 10.9 Å². The van der Waals surface area contributed by atoms with Crippen LogP contribution in [0.3, 0.4) is 0 Å². The fraction of sp³-hybridized carbons (Fsp3) is 0.125. The maximum absolute atomic E-state index is 8.98. The van der Waals surface area contributed by atoms with Crippen molar-refractivity contribution in [1.29, 1.82) is 0 Å². The van der Waals surface area contributed by atoms with Crippen LogP contribution in [0.25, 0.3) is 11.0 Å². The number of hydrogen-bond donors (Lipinski definition) is 2. The summed E-state index contributed by atoms with van der Waals surface area (Å²) in [5, 5.41) is 10.3. The molecule has 0 radical (unpaired) electrons. The van der Waals surface area contributed by atoms with Crippen LogP contribution in [0.4, 0.5) is 0 Å². The van der Waals surface area contributed by atoms with Crippen LogP contribution in [0.5, 0.6) is 0 Å². The Morgan fingerprint density at radius 1 is 1.58 bits per heavy atom. The Bertz CT molecular complexity index is 410. The minimum absolute atomic E-state index is 0.0173. The third kappa shape index (κ3) is 1.07. The SMILES string of the molecule is OCc1cc(Cl)nc2[nH]ccc12. The Morgan fingerprint density at radius 2 is 2.42 bits per heavy atom. The third-order valence-electron chi connectivity index (χ3n) is 1.75. The normalized spacial score (nSPS) is 10.8. The molecule has 0 spiro atoms. The molecule has 0 aromatic carbocycles. The van der Waals surface area contributed by atoms with E-state index >= 15 is 0 Å². The van der Waals surface area contributed by atoms with Gasteiger partial charge in [-0.2, -0.15) is 0 Å². The van der Waals surface area contributed by atoms with E-state index in [1.54, 1.807) is 12.3 Å². The summed E-state index contributed by atoms with van der Waals surface area (Å²) >= 11 is 5.72. The topological polar surface area (TPSA) is 48.9 Å². The fourth-order valence-electron chi connectivity index (χ4n) is 1.20. The predicted octanol–water partition coefficient (Wildman–Crippen LogP) is 1.71. The van der Waals surface area contributed by atoms with Gasteiger partial charge in [0.2, 0.25) is 0 Å². The first-order chi connectivity index (χ1) is 5.81. The molecule has 2 aromatic rings. The number of pyridine rings is 1. The monoisotopic (exact) mass is 182 g/mol. The van der Waals surface area contributed by atoms with E-state index in [4.69, 9.17) is 16.7 Å². The molecule has 0 bridgehead atoms. The minimum Gasteiger partial charge on any atom is -0.392 e. The van der Waals surface area contributed by atoms with Crippen molar-refractivity contribution in [3.63, 3.8) is 0 Å². The number of nitrogens with zero attached hydrogens (tertiary/aromatic N) is 1. The Morgan fingerprint density at radius 3 is 3.17 bits per heavy atom. The molecule has 62 valence electrons. The van der Waals surface area contributed by atoms with Crippen LogP contribution in [0, 0.1) is 0 Å². The first kappa shape index (κ1) is 7.58. The molecule has 4 heteroatoms. The van der Waals surface area contributed by atoms with Gasteiger partial charge in [0.05, 0.1) is 6.61 Å². The van der Waals surface area contributed by atoms with Gasteiger partial charge in [-0.15, -0.1) is 0 Å². The maximum atomic E-state index is 8.98. The minimum atomic E-state index is -0.0173. The van der Waals surface area contributed by atoms with Gasteiger partial charge in [0.25, 0.3) is 0 Å². The van der Waals surface area contributed by atoms with Crippen LogP contribution in [-0.4, -0.2) is 15.1 Å². The van der Waals surface area contributed by atoms with E-state index in [1.165, 1.54) is 0 Å². The second-order valence-electron chi connectivity index (χ2n) is 2.50. The van der Waals surface area contributed by atoms with Gasteiger partial charge in [0, 0.05) is 11.6 Å². The van der Waals surface area contributed by atoms with Crippen LogP contribution in [-0.2, 0) is 6.61 Å². The fourth-order valence-corrected chi connectivity index (χ4v) is 1.42. The van der Waals surface area contributed by atoms with E-state index in [2.05, 4.69) is 9.97 Å². The van der Waals surface area contributed by atoms with Crippen LogP contribution in [0.15, 0.2) is 18.3 Å². The van der Waals surface area contributed by atoms with E-state index in [9.17, 15) is 0 Å². The van der Waals surface area contributed by atoms with Crippen molar-refractivity contribution >= 4 is 22.6 Å². The Balaban J connectivity index is 2.80. The van der Waals surface area contributed by atoms with Crippen molar-refractivity contribution in [2.45, 2.75) is 6.61 Å². The smallest absolute Gasteiger partial charge is 0.139 e. The number of H-pyrrole nitrogens is 1. The van der Waals surface area contributed by atoms with E-state index < -0.39 is 0 Å². The molecule has 0 amide bonds. The molecule has 0 unspecified atom stereocenters. The number of aliphatic hydroxyl groups is 1. The standard InChI is InChI=1S/C8H7ClN2O/c9-7-3-5(4-12)6-1-2-10-8(6)11-7/h1-3,12H,4H2,(H,10,11). The second kappa shape index (κ2) is 2.77. The van der Waals surface area contributed by atoms with Gasteiger partial charge in [-0.1, -0.05) is 11.6 Å². The number of aliphatic hydroxyl groups excluding tert-OH is 1. The molecule has 0 aliphatic heterocycles. The van der Waals surface area contributed by atoms with E-state index in [-0.39, 0.29) is 6.61 Å². The number of aromatic amines is 1. The highest BCUT2D eigenvalue weighted by atomic mass is 35.5. The van der Waals surface area contributed by atoms with Crippen LogP contribution in [0.1, 0.15) is 5.56 Å². The summed E-state index contributed by atoms with van der Waals surface area (Å²) in [5.74, 6) is 0. The van der Waals surface area contributed by atoms with Gasteiger partial charge in [-0.3, -0.25) is 0 Å². The number of nitrogens with one attached hydrogen (secondary N) is 1. The van der Waals surface area contributed by atoms with Gasteiger partial charge in [0.15, 0.2) is 0 Å². The number of fused-ring (bicyclic) bond motifs is 1. The third-order valence-corrected chi connectivity index (χ3v) is 1.95. The zero-order valence-electron chi connectivity index (χ0n) is 6.21. The lowest BCUT2D eigenvalue weighted by atomic mass is 10.2. The highest BCUT2D eigenvalue weighted by Gasteiger charge is 2.03. The van der Waals surface area contributed by atoms with Crippen LogP contribution in [0.2, 0.25) is 5.15 Å². The summed E-state index contributed by atoms with van der Waals surface area (Å²) in [6.45, 7) is -0.0173. The summed E-state index contributed by atoms with van der Waals surface area (Å²) < 4.78 is 0. The molecular formula is C8H7ClN2O. The van der Waals surface area contributed by atoms with Gasteiger partial charge >= 0.3 is 0 Å². The summed E-state index contributed by atoms with van der Waals surface area (Å²) in [6.07, 6.45) is 1.77. The first-order valence-electron chi connectivity index (χ1n) is 3.54. The molecule has 0 atom stereocenters. The lowest BCUT2D eigenvalue weighted by molar-refractivity contribution is 0.283. The number of rotatable bonds is 1. The van der Waals surface area contributed by atoms with Crippen LogP contribution >= 0.6 is 11.6 Å². The Hall–Kier alpha value is -1.06. The van der Waals surface area contributed by atoms with Gasteiger partial charge in [0.1, 0.15) is 10.8 Å². The van der Waals surface area contributed by atoms with Gasteiger partial charge in [-0.25, -0.2) is 4.98 Å². The molecule has 2 N–H and O–H groups in total. The van der Waals surface area contributed by atoms with Crippen molar-refractivity contribution < 1.29 is 5.11 Å². The quantitative estimate of drug-likeness (QED) is 0.660. The predicted molar refractivity (Wildman–Crippen MR) is 47.0 cm³/mol. The molecule has 0 aliphatic rings. The van der Waals surface area contributed by atoms with Crippen molar-refractivity contribution in [2.24, 2.45) is 0 Å². The average molecular weight is 183 g/mol. The average Bonchev–Trinajstić information content (AvgIpc) is 2.50. The van der Waals surface area contributed by atoms with E-state index in [1.807, 2.05) is 6.07 Å². The van der Waals surface area contributed by atoms with E-state index in [0.29, 0.717) is 10.8 Å². The second-order valence-corrected chi connectivity index (χ2v) is 2.89. The van der Waals surface area contributed by atoms with Crippen molar-refractivity contribution in [1.82, 2.24) is 9.97 Å². The van der Waals surface area contributed by atoms with Crippen molar-refractivity contribution in [3.8, 4) is 0 Å². The number of halogens is 1. The Labute approximate surface area is 74.0 Å². The number of aromatic nitrogens is 2. The van der Waals surface area contributed by atoms with Gasteiger partial charge in [-0.05, 0) is 17.7 Å². The van der Waals surface area contributed by atoms with Crippen molar-refractivity contribution in [2.75, 3.05) is 0 Å². The highest BCUT2D eigenvalue weighted by Crippen LogP contribution is 2.19.